The lowest BCUT2D eigenvalue weighted by molar-refractivity contribution is 0.112. The van der Waals surface area contributed by atoms with Gasteiger partial charge in [-0.25, -0.2) is 4.39 Å². The fraction of sp³-hybridized carbons (Fsp3) is 0.462. The van der Waals surface area contributed by atoms with E-state index in [2.05, 4.69) is 4.90 Å². The maximum absolute atomic E-state index is 13.6. The van der Waals surface area contributed by atoms with Gasteiger partial charge in [-0.05, 0) is 32.0 Å². The number of rotatable bonds is 3. The summed E-state index contributed by atoms with van der Waals surface area (Å²) in [4.78, 5) is 12.7. The summed E-state index contributed by atoms with van der Waals surface area (Å²) in [6, 6.07) is 4.70. The highest BCUT2D eigenvalue weighted by atomic mass is 19.1. The maximum atomic E-state index is 13.6. The Balaban J connectivity index is 2.05. The van der Waals surface area contributed by atoms with Gasteiger partial charge in [0.05, 0.1) is 0 Å². The van der Waals surface area contributed by atoms with E-state index >= 15 is 0 Å². The molecule has 0 unspecified atom stereocenters. The fourth-order valence-electron chi connectivity index (χ4n) is 2.12. The van der Waals surface area contributed by atoms with Crippen molar-refractivity contribution in [2.75, 3.05) is 13.1 Å². The highest BCUT2D eigenvalue weighted by Crippen LogP contribution is 2.16. The topological polar surface area (TPSA) is 20.3 Å². The Morgan fingerprint density at radius 1 is 1.25 bits per heavy atom. The van der Waals surface area contributed by atoms with E-state index < -0.39 is 0 Å². The van der Waals surface area contributed by atoms with Crippen LogP contribution in [0, 0.1) is 5.82 Å². The summed E-state index contributed by atoms with van der Waals surface area (Å²) in [6.45, 7) is 2.76. The number of nitrogens with zero attached hydrogens (tertiary/aromatic N) is 1. The first-order valence-corrected chi connectivity index (χ1v) is 5.75. The molecule has 1 saturated heterocycles. The van der Waals surface area contributed by atoms with Crippen LogP contribution in [0.25, 0.3) is 0 Å². The number of aldehydes is 1. The fourth-order valence-corrected chi connectivity index (χ4v) is 2.12. The summed E-state index contributed by atoms with van der Waals surface area (Å²) in [5.41, 5.74) is 1.09. The molecule has 1 aliphatic heterocycles. The van der Waals surface area contributed by atoms with E-state index in [1.54, 1.807) is 12.1 Å². The molecule has 0 aromatic heterocycles. The van der Waals surface area contributed by atoms with Crippen LogP contribution in [0.2, 0.25) is 0 Å². The summed E-state index contributed by atoms with van der Waals surface area (Å²) >= 11 is 0. The molecule has 0 atom stereocenters. The van der Waals surface area contributed by atoms with E-state index in [0.717, 1.165) is 13.1 Å². The summed E-state index contributed by atoms with van der Waals surface area (Å²) in [5, 5.41) is 0. The Morgan fingerprint density at radius 3 is 2.62 bits per heavy atom. The quantitative estimate of drug-likeness (QED) is 0.731. The molecule has 3 heteroatoms. The molecular formula is C13H16FNO. The molecule has 2 nitrogen and oxygen atoms in total. The number of likely N-dealkylation sites (tertiary alicyclic amines) is 1. The van der Waals surface area contributed by atoms with Gasteiger partial charge in [0, 0.05) is 17.7 Å². The summed E-state index contributed by atoms with van der Waals surface area (Å²) < 4.78 is 13.6. The molecule has 0 saturated carbocycles. The number of hydrogen-bond acceptors (Lipinski definition) is 2. The zero-order chi connectivity index (χ0) is 11.4. The van der Waals surface area contributed by atoms with Crippen molar-refractivity contribution in [1.29, 1.82) is 0 Å². The molecule has 2 rings (SSSR count). The zero-order valence-corrected chi connectivity index (χ0v) is 9.29. The number of carbonyl (C=O) groups excluding carboxylic acids is 1. The van der Waals surface area contributed by atoms with Crippen molar-refractivity contribution < 1.29 is 9.18 Å². The van der Waals surface area contributed by atoms with Crippen LogP contribution in [-0.4, -0.2) is 24.3 Å². The van der Waals surface area contributed by atoms with E-state index in [1.807, 2.05) is 0 Å². The predicted octanol–water partition coefficient (Wildman–Crippen LogP) is 2.62. The van der Waals surface area contributed by atoms with Crippen molar-refractivity contribution in [3.63, 3.8) is 0 Å². The van der Waals surface area contributed by atoms with Crippen molar-refractivity contribution in [1.82, 2.24) is 4.90 Å². The van der Waals surface area contributed by atoms with Gasteiger partial charge in [0.25, 0.3) is 0 Å². The van der Waals surface area contributed by atoms with E-state index in [1.165, 1.54) is 25.3 Å². The lowest BCUT2D eigenvalue weighted by Gasteiger charge is -2.26. The van der Waals surface area contributed by atoms with Crippen LogP contribution in [0.5, 0.6) is 0 Å². The molecule has 1 fully saturated rings. The van der Waals surface area contributed by atoms with E-state index in [0.29, 0.717) is 24.0 Å². The van der Waals surface area contributed by atoms with Crippen LogP contribution in [-0.2, 0) is 6.54 Å². The van der Waals surface area contributed by atoms with Crippen molar-refractivity contribution in [2.24, 2.45) is 0 Å². The summed E-state index contributed by atoms with van der Waals surface area (Å²) in [5.74, 6) is -0.268. The molecule has 16 heavy (non-hydrogen) atoms. The summed E-state index contributed by atoms with van der Waals surface area (Å²) in [7, 11) is 0. The van der Waals surface area contributed by atoms with Gasteiger partial charge in [0.2, 0.25) is 0 Å². The second-order valence-electron chi connectivity index (χ2n) is 4.31. The summed E-state index contributed by atoms with van der Waals surface area (Å²) in [6.07, 6.45) is 4.36. The highest BCUT2D eigenvalue weighted by Gasteiger charge is 2.12. The lowest BCUT2D eigenvalue weighted by Crippen LogP contribution is -2.29. The van der Waals surface area contributed by atoms with Gasteiger partial charge in [0.1, 0.15) is 12.1 Å². The van der Waals surface area contributed by atoms with Crippen LogP contribution in [0.4, 0.5) is 4.39 Å². The minimum absolute atomic E-state index is 0.268. The zero-order valence-electron chi connectivity index (χ0n) is 9.29. The highest BCUT2D eigenvalue weighted by molar-refractivity contribution is 5.74. The Kier molecular flexibility index (Phi) is 3.67. The van der Waals surface area contributed by atoms with Gasteiger partial charge in [-0.3, -0.25) is 9.69 Å². The van der Waals surface area contributed by atoms with Crippen molar-refractivity contribution >= 4 is 6.29 Å². The Bertz CT molecular complexity index is 372. The van der Waals surface area contributed by atoms with Gasteiger partial charge in [-0.1, -0.05) is 18.6 Å². The van der Waals surface area contributed by atoms with E-state index in [9.17, 15) is 9.18 Å². The van der Waals surface area contributed by atoms with Gasteiger partial charge >= 0.3 is 0 Å². The molecule has 0 amide bonds. The molecule has 0 N–H and O–H groups in total. The predicted molar refractivity (Wildman–Crippen MR) is 60.9 cm³/mol. The molecular weight excluding hydrogens is 205 g/mol. The molecule has 86 valence electrons. The van der Waals surface area contributed by atoms with Crippen LogP contribution >= 0.6 is 0 Å². The van der Waals surface area contributed by atoms with Gasteiger partial charge in [-0.2, -0.15) is 0 Å². The molecule has 0 bridgehead atoms. The number of piperidine rings is 1. The first kappa shape index (κ1) is 11.3. The standard InChI is InChI=1S/C13H16FNO/c14-13-8-11(10-16)4-5-12(13)9-15-6-2-1-3-7-15/h4-5,8,10H,1-3,6-7,9H2. The average molecular weight is 221 g/mol. The number of halogens is 1. The molecule has 0 aliphatic carbocycles. The van der Waals surface area contributed by atoms with Crippen LogP contribution in [0.1, 0.15) is 35.2 Å². The van der Waals surface area contributed by atoms with Crippen molar-refractivity contribution in [2.45, 2.75) is 25.8 Å². The monoisotopic (exact) mass is 221 g/mol. The molecule has 0 spiro atoms. The average Bonchev–Trinajstić information content (AvgIpc) is 2.33. The molecule has 1 heterocycles. The third-order valence-corrected chi connectivity index (χ3v) is 3.06. The number of hydrogen-bond donors (Lipinski definition) is 0. The van der Waals surface area contributed by atoms with Gasteiger partial charge in [-0.15, -0.1) is 0 Å². The first-order chi connectivity index (χ1) is 7.79. The van der Waals surface area contributed by atoms with Crippen LogP contribution in [0.3, 0.4) is 0 Å². The smallest absolute Gasteiger partial charge is 0.150 e. The van der Waals surface area contributed by atoms with Gasteiger partial charge in [0.15, 0.2) is 0 Å². The molecule has 1 aromatic carbocycles. The molecule has 1 aromatic rings. The lowest BCUT2D eigenvalue weighted by atomic mass is 10.1. The van der Waals surface area contributed by atoms with E-state index in [-0.39, 0.29) is 5.82 Å². The SMILES string of the molecule is O=Cc1ccc(CN2CCCCC2)c(F)c1. The minimum atomic E-state index is -0.268. The normalized spacial score (nSPS) is 17.3. The van der Waals surface area contributed by atoms with Crippen molar-refractivity contribution in [3.05, 3.63) is 35.1 Å². The van der Waals surface area contributed by atoms with Crippen molar-refractivity contribution in [3.8, 4) is 0 Å². The third-order valence-electron chi connectivity index (χ3n) is 3.06. The largest absolute Gasteiger partial charge is 0.299 e. The number of benzene rings is 1. The molecule has 1 aliphatic rings. The maximum Gasteiger partial charge on any atom is 0.150 e. The number of carbonyl (C=O) groups is 1. The Labute approximate surface area is 95.1 Å². The van der Waals surface area contributed by atoms with Crippen LogP contribution in [0.15, 0.2) is 18.2 Å². The second-order valence-corrected chi connectivity index (χ2v) is 4.31. The van der Waals surface area contributed by atoms with Gasteiger partial charge < -0.3 is 0 Å². The molecule has 0 radical (unpaired) electrons. The third kappa shape index (κ3) is 2.67. The Hall–Kier alpha value is -1.22. The minimum Gasteiger partial charge on any atom is -0.299 e. The van der Waals surface area contributed by atoms with E-state index in [4.69, 9.17) is 0 Å². The van der Waals surface area contributed by atoms with Crippen LogP contribution < -0.4 is 0 Å². The Morgan fingerprint density at radius 2 is 2.00 bits per heavy atom. The second kappa shape index (κ2) is 5.21. The first-order valence-electron chi connectivity index (χ1n) is 5.75.